The average molecular weight is 203 g/mol. The van der Waals surface area contributed by atoms with Gasteiger partial charge in [-0.05, 0) is 6.92 Å². The van der Waals surface area contributed by atoms with Crippen molar-refractivity contribution in [2.75, 3.05) is 0 Å². The molecule has 0 aliphatic carbocycles. The van der Waals surface area contributed by atoms with Gasteiger partial charge < -0.3 is 5.21 Å². The Kier molecular flexibility index (Phi) is 2.21. The minimum Gasteiger partial charge on any atom is -0.425 e. The third-order valence-corrected chi connectivity index (χ3v) is 2.10. The predicted molar refractivity (Wildman–Crippen MR) is 53.2 cm³/mol. The predicted octanol–water partition coefficient (Wildman–Crippen LogP) is 0.970. The maximum Gasteiger partial charge on any atom is 0.190 e. The van der Waals surface area contributed by atoms with E-state index in [0.29, 0.717) is 10.4 Å². The van der Waals surface area contributed by atoms with Crippen LogP contribution in [-0.2, 0) is 0 Å². The molecule has 0 bridgehead atoms. The Hall–Kier alpha value is -2.17. The molecule has 0 amide bonds. The highest BCUT2D eigenvalue weighted by Crippen LogP contribution is 2.12. The van der Waals surface area contributed by atoms with E-state index in [1.54, 1.807) is 0 Å². The molecule has 0 aliphatic heterocycles. The van der Waals surface area contributed by atoms with Crippen molar-refractivity contribution in [1.82, 2.24) is 14.9 Å². The number of aryl methyl sites for hydroxylation is 1. The van der Waals surface area contributed by atoms with Crippen molar-refractivity contribution in [2.24, 2.45) is 0 Å². The van der Waals surface area contributed by atoms with Gasteiger partial charge in [-0.15, -0.1) is 10.2 Å². The molecule has 0 fully saturated rings. The van der Waals surface area contributed by atoms with E-state index in [4.69, 9.17) is 5.41 Å². The molecule has 2 rings (SSSR count). The lowest BCUT2D eigenvalue weighted by Gasteiger charge is -2.02. The van der Waals surface area contributed by atoms with E-state index in [9.17, 15) is 5.21 Å². The zero-order valence-corrected chi connectivity index (χ0v) is 8.18. The summed E-state index contributed by atoms with van der Waals surface area (Å²) in [5, 5.41) is 24.2. The van der Waals surface area contributed by atoms with Gasteiger partial charge in [0.1, 0.15) is 5.69 Å². The molecule has 0 atom stereocenters. The fraction of sp³-hybridized carbons (Fsp3) is 0.100. The number of hydrogen-bond acceptors (Lipinski definition) is 4. The van der Waals surface area contributed by atoms with Crippen molar-refractivity contribution in [1.29, 1.82) is 5.41 Å². The summed E-state index contributed by atoms with van der Waals surface area (Å²) in [5.41, 5.74) is 2.18. The van der Waals surface area contributed by atoms with Crippen molar-refractivity contribution >= 4 is 0 Å². The lowest BCUT2D eigenvalue weighted by molar-refractivity contribution is 0.165. The first-order chi connectivity index (χ1) is 7.18. The summed E-state index contributed by atoms with van der Waals surface area (Å²) in [5.74, 6) is 0. The Labute approximate surface area is 86.1 Å². The Balaban J connectivity index is 2.59. The fourth-order valence-corrected chi connectivity index (χ4v) is 1.25. The fourth-order valence-electron chi connectivity index (χ4n) is 1.25. The second-order valence-electron chi connectivity index (χ2n) is 3.24. The summed E-state index contributed by atoms with van der Waals surface area (Å²) >= 11 is 0. The number of nitrogens with one attached hydrogen (secondary N) is 1. The van der Waals surface area contributed by atoms with Crippen LogP contribution in [0.1, 0.15) is 5.56 Å². The van der Waals surface area contributed by atoms with E-state index >= 15 is 0 Å². The van der Waals surface area contributed by atoms with Crippen molar-refractivity contribution in [3.8, 4) is 11.3 Å². The second-order valence-corrected chi connectivity index (χ2v) is 3.24. The Bertz CT molecular complexity index is 530. The molecule has 0 saturated carbocycles. The Morgan fingerprint density at radius 1 is 1.27 bits per heavy atom. The van der Waals surface area contributed by atoms with Gasteiger partial charge in [-0.2, -0.15) is 4.73 Å². The van der Waals surface area contributed by atoms with Crippen LogP contribution in [0, 0.1) is 12.3 Å². The van der Waals surface area contributed by atoms with E-state index in [2.05, 4.69) is 10.2 Å². The molecule has 0 aliphatic rings. The molecule has 5 heteroatoms. The summed E-state index contributed by atoms with van der Waals surface area (Å²) in [6.07, 6.45) is 1.08. The number of hydrogen-bond donors (Lipinski definition) is 2. The van der Waals surface area contributed by atoms with Crippen LogP contribution in [0.5, 0.6) is 0 Å². The number of nitrogens with zero attached hydrogens (tertiary/aromatic N) is 3. The largest absolute Gasteiger partial charge is 0.425 e. The first-order valence-corrected chi connectivity index (χ1v) is 4.43. The summed E-state index contributed by atoms with van der Waals surface area (Å²) in [4.78, 5) is 0. The molecule has 1 heterocycles. The van der Waals surface area contributed by atoms with Crippen LogP contribution in [-0.4, -0.2) is 20.1 Å². The second kappa shape index (κ2) is 3.53. The van der Waals surface area contributed by atoms with Crippen LogP contribution in [0.4, 0.5) is 0 Å². The van der Waals surface area contributed by atoms with E-state index in [0.717, 1.165) is 17.5 Å². The number of rotatable bonds is 1. The monoisotopic (exact) mass is 203 g/mol. The maximum atomic E-state index is 9.24. The molecule has 0 radical (unpaired) electrons. The van der Waals surface area contributed by atoms with Gasteiger partial charge in [-0.25, -0.2) is 0 Å². The Morgan fingerprint density at radius 2 is 1.93 bits per heavy atom. The van der Waals surface area contributed by atoms with Gasteiger partial charge in [0, 0.05) is 5.56 Å². The zero-order chi connectivity index (χ0) is 10.8. The molecule has 1 aromatic carbocycles. The van der Waals surface area contributed by atoms with Gasteiger partial charge in [0.05, 0.1) is 0 Å². The molecule has 0 saturated heterocycles. The number of benzene rings is 1. The molecule has 0 unspecified atom stereocenters. The number of aromatic nitrogens is 3. The van der Waals surface area contributed by atoms with Gasteiger partial charge >= 0.3 is 0 Å². The van der Waals surface area contributed by atoms with Crippen molar-refractivity contribution in [3.05, 3.63) is 41.6 Å². The van der Waals surface area contributed by atoms with E-state index < -0.39 is 0 Å². The van der Waals surface area contributed by atoms with Crippen molar-refractivity contribution in [3.63, 3.8) is 0 Å². The lowest BCUT2D eigenvalue weighted by Crippen LogP contribution is -2.21. The maximum absolute atomic E-state index is 9.24. The SMILES string of the molecule is Cc1ccc(-c2nncn(O)c2=[15NH])cc1. The molecule has 5 nitrogen and oxygen atoms in total. The van der Waals surface area contributed by atoms with Gasteiger partial charge in [0.25, 0.3) is 0 Å². The van der Waals surface area contributed by atoms with Crippen LogP contribution in [0.25, 0.3) is 11.3 Å². The summed E-state index contributed by atoms with van der Waals surface area (Å²) < 4.78 is 0.641. The summed E-state index contributed by atoms with van der Waals surface area (Å²) in [6, 6.07) is 7.53. The van der Waals surface area contributed by atoms with Crippen molar-refractivity contribution in [2.45, 2.75) is 6.92 Å². The molecular weight excluding hydrogens is 193 g/mol. The molecule has 0 spiro atoms. The first-order valence-electron chi connectivity index (χ1n) is 4.43. The van der Waals surface area contributed by atoms with Gasteiger partial charge in [0.15, 0.2) is 11.8 Å². The van der Waals surface area contributed by atoms with E-state index in [1.165, 1.54) is 0 Å². The van der Waals surface area contributed by atoms with Gasteiger partial charge in [-0.3, -0.25) is 5.41 Å². The quantitative estimate of drug-likeness (QED) is 0.535. The van der Waals surface area contributed by atoms with Crippen LogP contribution in [0.2, 0.25) is 0 Å². The standard InChI is InChI=1S/C10H10N4O/c1-7-2-4-8(5-3-7)9-10(11)14(15)6-12-13-9/h2-6,11,15H,1H3/i11+1. The first kappa shape index (κ1) is 9.39. The van der Waals surface area contributed by atoms with Gasteiger partial charge in [0.2, 0.25) is 0 Å². The minimum atomic E-state index is -0.0751. The lowest BCUT2D eigenvalue weighted by atomic mass is 10.1. The highest BCUT2D eigenvalue weighted by Gasteiger charge is 2.04. The topological polar surface area (TPSA) is 74.8 Å². The highest BCUT2D eigenvalue weighted by molar-refractivity contribution is 5.57. The van der Waals surface area contributed by atoms with Crippen molar-refractivity contribution < 1.29 is 5.21 Å². The molecule has 76 valence electrons. The third-order valence-electron chi connectivity index (χ3n) is 2.10. The smallest absolute Gasteiger partial charge is 0.190 e. The molecule has 2 N–H and O–H groups in total. The highest BCUT2D eigenvalue weighted by atomic mass is 16.5. The zero-order valence-electron chi connectivity index (χ0n) is 8.18. The van der Waals surface area contributed by atoms with Crippen LogP contribution in [0.3, 0.4) is 0 Å². The van der Waals surface area contributed by atoms with E-state index in [1.807, 2.05) is 31.2 Å². The summed E-state index contributed by atoms with van der Waals surface area (Å²) in [6.45, 7) is 1.98. The average Bonchev–Trinajstić information content (AvgIpc) is 2.24. The minimum absolute atomic E-state index is 0.0751. The molecule has 1 aromatic heterocycles. The van der Waals surface area contributed by atoms with E-state index in [-0.39, 0.29) is 5.49 Å². The molecule has 2 aromatic rings. The van der Waals surface area contributed by atoms with Gasteiger partial charge in [-0.1, -0.05) is 29.8 Å². The molecular formula is C10H10N4O. The normalized spacial score (nSPS) is 10.2. The third kappa shape index (κ3) is 1.71. The summed E-state index contributed by atoms with van der Waals surface area (Å²) in [7, 11) is 0. The van der Waals surface area contributed by atoms with Crippen LogP contribution in [0.15, 0.2) is 30.6 Å². The van der Waals surface area contributed by atoms with Crippen LogP contribution < -0.4 is 5.49 Å². The molecule has 15 heavy (non-hydrogen) atoms. The Morgan fingerprint density at radius 3 is 2.60 bits per heavy atom. The van der Waals surface area contributed by atoms with Crippen LogP contribution >= 0.6 is 0 Å².